The van der Waals surface area contributed by atoms with Crippen LogP contribution in [0.1, 0.15) is 51.4 Å². The van der Waals surface area contributed by atoms with Gasteiger partial charge in [0.05, 0.1) is 0 Å². The first-order valence-corrected chi connectivity index (χ1v) is 6.08. The fourth-order valence-electron chi connectivity index (χ4n) is 3.37. The van der Waals surface area contributed by atoms with Crippen molar-refractivity contribution in [2.75, 3.05) is 0 Å². The fourth-order valence-corrected chi connectivity index (χ4v) is 3.37. The summed E-state index contributed by atoms with van der Waals surface area (Å²) in [5.41, 5.74) is -1.92. The summed E-state index contributed by atoms with van der Waals surface area (Å²) in [7, 11) is 0. The normalized spacial score (nSPS) is 24.9. The fraction of sp³-hybridized carbons (Fsp3) is 0.917. The minimum absolute atomic E-state index is 0.224. The largest absolute Gasteiger partial charge is 0.479 e. The van der Waals surface area contributed by atoms with Crippen LogP contribution in [0.3, 0.4) is 0 Å². The van der Waals surface area contributed by atoms with Crippen LogP contribution in [0.5, 0.6) is 0 Å². The molecule has 2 nitrogen and oxygen atoms in total. The Morgan fingerprint density at radius 3 is 1.60 bits per heavy atom. The lowest BCUT2D eigenvalue weighted by Gasteiger charge is -2.32. The molecule has 0 spiro atoms. The van der Waals surface area contributed by atoms with Crippen molar-refractivity contribution in [2.45, 2.75) is 57.0 Å². The highest BCUT2D eigenvalue weighted by Crippen LogP contribution is 2.47. The summed E-state index contributed by atoms with van der Waals surface area (Å²) in [6, 6.07) is 0. The van der Waals surface area contributed by atoms with Gasteiger partial charge in [0.1, 0.15) is 0 Å². The molecule has 3 heteroatoms. The zero-order valence-corrected chi connectivity index (χ0v) is 9.04. The molecular weight excluding hydrogens is 195 g/mol. The first-order chi connectivity index (χ1) is 7.15. The molecule has 0 atom stereocenters. The molecule has 2 aliphatic rings. The van der Waals surface area contributed by atoms with Crippen LogP contribution in [0, 0.1) is 11.8 Å². The number of rotatable bonds is 3. The molecule has 0 aromatic rings. The van der Waals surface area contributed by atoms with E-state index in [-0.39, 0.29) is 11.8 Å². The maximum atomic E-state index is 14.7. The van der Waals surface area contributed by atoms with Crippen molar-refractivity contribution in [1.82, 2.24) is 0 Å². The van der Waals surface area contributed by atoms with E-state index >= 15 is 0 Å². The predicted molar refractivity (Wildman–Crippen MR) is 55.4 cm³/mol. The van der Waals surface area contributed by atoms with Crippen molar-refractivity contribution in [3.8, 4) is 0 Å². The van der Waals surface area contributed by atoms with Gasteiger partial charge < -0.3 is 5.11 Å². The van der Waals surface area contributed by atoms with E-state index < -0.39 is 11.6 Å². The van der Waals surface area contributed by atoms with Gasteiger partial charge in [-0.25, -0.2) is 9.18 Å². The summed E-state index contributed by atoms with van der Waals surface area (Å²) in [5.74, 6) is -1.66. The number of hydrogen-bond donors (Lipinski definition) is 1. The molecule has 0 bridgehead atoms. The molecule has 2 fully saturated rings. The predicted octanol–water partition coefficient (Wildman–Crippen LogP) is 3.16. The monoisotopic (exact) mass is 214 g/mol. The Bertz CT molecular complexity index is 224. The van der Waals surface area contributed by atoms with Gasteiger partial charge in [0, 0.05) is 11.8 Å². The van der Waals surface area contributed by atoms with Crippen LogP contribution < -0.4 is 0 Å². The Morgan fingerprint density at radius 1 is 1.00 bits per heavy atom. The molecule has 0 saturated heterocycles. The highest BCUT2D eigenvalue weighted by Gasteiger charge is 2.53. The topological polar surface area (TPSA) is 37.3 Å². The van der Waals surface area contributed by atoms with Gasteiger partial charge in [-0.3, -0.25) is 0 Å². The Kier molecular flexibility index (Phi) is 2.98. The summed E-state index contributed by atoms with van der Waals surface area (Å²) in [6.45, 7) is 0. The zero-order chi connectivity index (χ0) is 10.9. The van der Waals surface area contributed by atoms with Crippen LogP contribution in [0.15, 0.2) is 0 Å². The Hall–Kier alpha value is -0.600. The first kappa shape index (κ1) is 10.9. The lowest BCUT2D eigenvalue weighted by Crippen LogP contribution is -2.46. The molecule has 0 aliphatic heterocycles. The van der Waals surface area contributed by atoms with Crippen LogP contribution in [0.25, 0.3) is 0 Å². The summed E-state index contributed by atoms with van der Waals surface area (Å²) in [4.78, 5) is 11.2. The minimum atomic E-state index is -1.92. The number of carboxylic acids is 1. The Balaban J connectivity index is 2.17. The second kappa shape index (κ2) is 4.11. The van der Waals surface area contributed by atoms with Gasteiger partial charge >= 0.3 is 5.97 Å². The molecule has 0 heterocycles. The van der Waals surface area contributed by atoms with E-state index in [0.29, 0.717) is 0 Å². The highest BCUT2D eigenvalue weighted by atomic mass is 19.1. The van der Waals surface area contributed by atoms with E-state index in [1.54, 1.807) is 0 Å². The standard InChI is InChI=1S/C12H19FO2/c13-12(11(14)15,9-5-1-2-6-9)10-7-3-4-8-10/h9-10H,1-8H2,(H,14,15). The van der Waals surface area contributed by atoms with E-state index in [9.17, 15) is 14.3 Å². The van der Waals surface area contributed by atoms with Crippen LogP contribution in [0.2, 0.25) is 0 Å². The van der Waals surface area contributed by atoms with Gasteiger partial charge in [-0.2, -0.15) is 0 Å². The molecule has 2 rings (SSSR count). The maximum absolute atomic E-state index is 14.7. The SMILES string of the molecule is O=C(O)C(F)(C1CCCC1)C1CCCC1. The van der Waals surface area contributed by atoms with Crippen LogP contribution in [0.4, 0.5) is 4.39 Å². The summed E-state index contributed by atoms with van der Waals surface area (Å²) in [5, 5.41) is 9.18. The average molecular weight is 214 g/mol. The first-order valence-electron chi connectivity index (χ1n) is 6.08. The quantitative estimate of drug-likeness (QED) is 0.783. The third-order valence-electron chi connectivity index (χ3n) is 4.23. The van der Waals surface area contributed by atoms with Crippen LogP contribution >= 0.6 is 0 Å². The second-order valence-corrected chi connectivity index (χ2v) is 5.04. The highest BCUT2D eigenvalue weighted by molar-refractivity contribution is 5.78. The third kappa shape index (κ3) is 1.77. The minimum Gasteiger partial charge on any atom is -0.479 e. The number of hydrogen-bond acceptors (Lipinski definition) is 1. The molecule has 0 aromatic carbocycles. The smallest absolute Gasteiger partial charge is 0.342 e. The number of carboxylic acid groups (broad SMARTS) is 1. The molecule has 0 amide bonds. The second-order valence-electron chi connectivity index (χ2n) is 5.04. The lowest BCUT2D eigenvalue weighted by atomic mass is 9.76. The van der Waals surface area contributed by atoms with E-state index in [4.69, 9.17) is 0 Å². The maximum Gasteiger partial charge on any atom is 0.342 e. The molecule has 0 radical (unpaired) electrons. The molecule has 0 aromatic heterocycles. The zero-order valence-electron chi connectivity index (χ0n) is 9.04. The Labute approximate surface area is 89.9 Å². The van der Waals surface area contributed by atoms with E-state index in [2.05, 4.69) is 0 Å². The van der Waals surface area contributed by atoms with E-state index in [1.807, 2.05) is 0 Å². The molecule has 2 saturated carbocycles. The summed E-state index contributed by atoms with van der Waals surface area (Å²) in [6.07, 6.45) is 7.04. The third-order valence-corrected chi connectivity index (χ3v) is 4.23. The molecule has 15 heavy (non-hydrogen) atoms. The molecule has 2 aliphatic carbocycles. The molecule has 86 valence electrons. The van der Waals surface area contributed by atoms with Crippen molar-refractivity contribution < 1.29 is 14.3 Å². The molecule has 1 N–H and O–H groups in total. The average Bonchev–Trinajstić information content (AvgIpc) is 2.89. The number of aliphatic carboxylic acids is 1. The van der Waals surface area contributed by atoms with Crippen LogP contribution in [-0.2, 0) is 4.79 Å². The molecule has 0 unspecified atom stereocenters. The van der Waals surface area contributed by atoms with Crippen molar-refractivity contribution in [2.24, 2.45) is 11.8 Å². The number of alkyl halides is 1. The van der Waals surface area contributed by atoms with E-state index in [1.165, 1.54) is 0 Å². The van der Waals surface area contributed by atoms with Crippen molar-refractivity contribution in [3.63, 3.8) is 0 Å². The number of halogens is 1. The van der Waals surface area contributed by atoms with Crippen molar-refractivity contribution in [3.05, 3.63) is 0 Å². The van der Waals surface area contributed by atoms with Gasteiger partial charge in [0.2, 0.25) is 5.67 Å². The summed E-state index contributed by atoms with van der Waals surface area (Å²) >= 11 is 0. The summed E-state index contributed by atoms with van der Waals surface area (Å²) < 4.78 is 14.7. The van der Waals surface area contributed by atoms with Crippen molar-refractivity contribution >= 4 is 5.97 Å². The van der Waals surface area contributed by atoms with Gasteiger partial charge in [-0.05, 0) is 25.7 Å². The van der Waals surface area contributed by atoms with Gasteiger partial charge in [-0.15, -0.1) is 0 Å². The van der Waals surface area contributed by atoms with Crippen molar-refractivity contribution in [1.29, 1.82) is 0 Å². The van der Waals surface area contributed by atoms with Gasteiger partial charge in [0.25, 0.3) is 0 Å². The van der Waals surface area contributed by atoms with Gasteiger partial charge in [0.15, 0.2) is 0 Å². The Morgan fingerprint density at radius 2 is 1.33 bits per heavy atom. The molecular formula is C12H19FO2. The van der Waals surface area contributed by atoms with E-state index in [0.717, 1.165) is 51.4 Å². The lowest BCUT2D eigenvalue weighted by molar-refractivity contribution is -0.160. The van der Waals surface area contributed by atoms with Gasteiger partial charge in [-0.1, -0.05) is 25.7 Å². The number of carbonyl (C=O) groups is 1. The van der Waals surface area contributed by atoms with Crippen LogP contribution in [-0.4, -0.2) is 16.7 Å².